The highest BCUT2D eigenvalue weighted by Gasteiger charge is 2.24. The minimum Gasteiger partial charge on any atom is -0.457 e. The molecule has 24 rings (SSSR count). The first-order valence-electron chi connectivity index (χ1n) is 49.7. The number of benzene rings is 13. The number of carbonyl (C=O) groups excluding carboxylic acids is 1. The van der Waals surface area contributed by atoms with Crippen LogP contribution in [0.5, 0.6) is 11.5 Å². The molecule has 2 aliphatic rings. The smallest absolute Gasteiger partial charge is 0.129 e. The lowest BCUT2D eigenvalue weighted by molar-refractivity contribution is -0.117. The Morgan fingerprint density at radius 3 is 1.51 bits per heavy atom. The van der Waals surface area contributed by atoms with Crippen molar-refractivity contribution < 1.29 is 18.7 Å². The molecule has 19 nitrogen and oxygen atoms in total. The second-order valence-corrected chi connectivity index (χ2v) is 37.3. The Hall–Kier alpha value is -16.1. The van der Waals surface area contributed by atoms with Crippen molar-refractivity contribution in [1.82, 2.24) is 72.5 Å². The molecule has 1 aliphatic carbocycles. The fourth-order valence-corrected chi connectivity index (χ4v) is 20.5. The predicted octanol–water partition coefficient (Wildman–Crippen LogP) is 27.6. The molecule has 1 aliphatic heterocycles. The van der Waals surface area contributed by atoms with Gasteiger partial charge in [-0.15, -0.1) is 0 Å². The molecule has 143 heavy (non-hydrogen) atoms. The van der Waals surface area contributed by atoms with Crippen LogP contribution in [0, 0.1) is 24.1 Å². The number of nitriles is 1. The number of nitrogens with zero attached hydrogens (tertiary/aromatic N) is 15. The minimum atomic E-state index is -0.223. The Bertz CT molecular complexity index is 8300. The van der Waals surface area contributed by atoms with Gasteiger partial charge in [0.1, 0.15) is 23.1 Å². The maximum absolute atomic E-state index is 14.0. The molecule has 21 heteroatoms. The number of para-hydroxylation sites is 2. The van der Waals surface area contributed by atoms with Gasteiger partial charge in [0.15, 0.2) is 0 Å². The molecule has 0 bridgehead atoms. The number of ketones is 1. The van der Waals surface area contributed by atoms with Crippen LogP contribution in [-0.2, 0) is 87.8 Å². The second kappa shape index (κ2) is 43.4. The van der Waals surface area contributed by atoms with Crippen LogP contribution in [0.3, 0.4) is 0 Å². The number of unbranched alkanes of at least 4 members (excludes halogenated alkanes) is 1. The van der Waals surface area contributed by atoms with Crippen molar-refractivity contribution in [1.29, 1.82) is 5.26 Å². The summed E-state index contributed by atoms with van der Waals surface area (Å²) in [6, 6.07) is 110. The summed E-state index contributed by atoms with van der Waals surface area (Å²) in [7, 11) is 2.05. The van der Waals surface area contributed by atoms with Crippen LogP contribution in [0.1, 0.15) is 116 Å². The summed E-state index contributed by atoms with van der Waals surface area (Å²) in [5.74, 6) is 1.67. The normalized spacial score (nSPS) is 12.3. The average Bonchev–Trinajstić information content (AvgIpc) is 1.58. The Kier molecular flexibility index (Phi) is 28.7. The van der Waals surface area contributed by atoms with E-state index in [1.807, 2.05) is 129 Å². The average molecular weight is 1910 g/mol. The lowest BCUT2D eigenvalue weighted by atomic mass is 10.0. The standard InChI is InChI=1S/C28H19ClN2O.C27H23FN4.C25H23N3.C24H28N4O.C18H21N3O/c29-22-10-6-20-16-21-7-11-23(18-27(21)26(20)17-22)31-28(14-15-30-31)19-8-12-25(13-9-19)32-24-4-2-1-3-5-24;1-2-31-26-11-8-21(28)17-24(26)25-18-23(10-12-27(25)31)32-22(14-16-30-32)9-7-19-3-5-20(6-4-19)13-15-29;1-2-27-24-11-7-6-10-22(24)23-18-21(14-15-25(23)27)28-20(16-17-26-28)13-12-19-8-4-3-5-9-19;1-3-27-23-6-4-17(2)14-21(23)22-15-18(5-7-24(22)27)28-19(8-13-26-28)16-29-20-9-11-25-12-10-20;1-14(22)5-3-4-6-16-9-11-19-21(16)17-7-8-18-15(13-17)10-12-20(18)2/h1-15,17-18H,16H2;3-6,8,10-12,14,16-18H,2,7,9,13H2,1H3;3-11,14-18H,2,12-13H2,1H3;4-8,13-15,20,25H,3,9-12,16H2,1-2H3;7-13H,3-6H2,1-2H3. The van der Waals surface area contributed by atoms with Crippen LogP contribution in [0.2, 0.25) is 5.02 Å². The van der Waals surface area contributed by atoms with E-state index in [-0.39, 0.29) is 11.6 Å². The summed E-state index contributed by atoms with van der Waals surface area (Å²) in [5, 5.41) is 44.2. The number of fused-ring (bicyclic) bond motifs is 13. The van der Waals surface area contributed by atoms with Crippen LogP contribution in [0.15, 0.2) is 353 Å². The maximum atomic E-state index is 14.0. The molecule has 1 N–H and O–H groups in total. The predicted molar refractivity (Wildman–Crippen MR) is 576 cm³/mol. The second-order valence-electron chi connectivity index (χ2n) is 36.8. The molecule has 10 heterocycles. The van der Waals surface area contributed by atoms with E-state index in [9.17, 15) is 9.18 Å². The molecule has 1 saturated heterocycles. The first-order valence-corrected chi connectivity index (χ1v) is 50.1. The van der Waals surface area contributed by atoms with Gasteiger partial charge in [0.05, 0.1) is 71.2 Å². The van der Waals surface area contributed by atoms with Crippen LogP contribution < -0.4 is 10.1 Å². The molecular weight excluding hydrogens is 1790 g/mol. The van der Waals surface area contributed by atoms with Crippen molar-refractivity contribution in [2.45, 2.75) is 144 Å². The highest BCUT2D eigenvalue weighted by Crippen LogP contribution is 2.42. The molecule has 22 aromatic rings. The Balaban J connectivity index is 0.000000110. The van der Waals surface area contributed by atoms with Crippen molar-refractivity contribution in [2.75, 3.05) is 13.1 Å². The largest absolute Gasteiger partial charge is 0.457 e. The third-order valence-corrected chi connectivity index (χ3v) is 27.8. The van der Waals surface area contributed by atoms with E-state index in [2.05, 4.69) is 325 Å². The number of ether oxygens (including phenoxy) is 2. The quantitative estimate of drug-likeness (QED) is 0.0513. The van der Waals surface area contributed by atoms with Gasteiger partial charge in [-0.3, -0.25) is 0 Å². The van der Waals surface area contributed by atoms with Gasteiger partial charge in [0, 0.05) is 168 Å². The van der Waals surface area contributed by atoms with E-state index in [0.29, 0.717) is 25.6 Å². The van der Waals surface area contributed by atoms with Crippen molar-refractivity contribution >= 4 is 93.7 Å². The number of hydrogen-bond donors (Lipinski definition) is 1. The van der Waals surface area contributed by atoms with Gasteiger partial charge < -0.3 is 37.9 Å². The molecule has 1 fully saturated rings. The van der Waals surface area contributed by atoms with Gasteiger partial charge in [-0.05, 0) is 357 Å². The number of aryl methyl sites for hydroxylation is 10. The van der Waals surface area contributed by atoms with Gasteiger partial charge in [0.2, 0.25) is 0 Å². The number of rotatable bonds is 26. The molecule has 13 aromatic carbocycles. The molecule has 9 aromatic heterocycles. The van der Waals surface area contributed by atoms with E-state index in [1.165, 1.54) is 111 Å². The summed E-state index contributed by atoms with van der Waals surface area (Å²) in [6.45, 7) is 15.8. The Morgan fingerprint density at radius 2 is 0.902 bits per heavy atom. The summed E-state index contributed by atoms with van der Waals surface area (Å²) in [6.07, 6.45) is 22.5. The monoisotopic (exact) mass is 1900 g/mol. The topological polar surface area (TPSA) is 180 Å². The third-order valence-electron chi connectivity index (χ3n) is 27.6. The number of piperidine rings is 1. The first-order chi connectivity index (χ1) is 70.2. The van der Waals surface area contributed by atoms with Crippen LogP contribution >= 0.6 is 11.6 Å². The number of Topliss-reactive ketones (excluding diaryl/α,β-unsaturated/α-hetero) is 1. The molecule has 0 unspecified atom stereocenters. The molecule has 0 spiro atoms. The van der Waals surface area contributed by atoms with E-state index in [4.69, 9.17) is 26.3 Å². The van der Waals surface area contributed by atoms with Gasteiger partial charge in [0.25, 0.3) is 0 Å². The number of hydrogen-bond acceptors (Lipinski definition) is 10. The number of carbonyl (C=O) groups is 1. The Morgan fingerprint density at radius 1 is 0.434 bits per heavy atom. The van der Waals surface area contributed by atoms with E-state index < -0.39 is 0 Å². The van der Waals surface area contributed by atoms with Gasteiger partial charge in [-0.1, -0.05) is 126 Å². The molecule has 714 valence electrons. The fraction of sp³-hybridized carbons (Fsp3) is 0.205. The molecule has 0 saturated carbocycles. The molecule has 0 amide bonds. The third kappa shape index (κ3) is 20.8. The van der Waals surface area contributed by atoms with Crippen molar-refractivity contribution in [3.05, 3.63) is 420 Å². The molecule has 0 atom stereocenters. The van der Waals surface area contributed by atoms with Gasteiger partial charge in [-0.25, -0.2) is 27.8 Å². The number of aromatic nitrogens is 14. The van der Waals surface area contributed by atoms with Crippen LogP contribution in [0.4, 0.5) is 4.39 Å². The molecule has 0 radical (unpaired) electrons. The summed E-state index contributed by atoms with van der Waals surface area (Å²) >= 11 is 6.27. The summed E-state index contributed by atoms with van der Waals surface area (Å²) in [5.41, 5.74) is 30.6. The van der Waals surface area contributed by atoms with E-state index in [1.54, 1.807) is 13.0 Å². The van der Waals surface area contributed by atoms with Gasteiger partial charge in [-0.2, -0.15) is 30.8 Å². The molecular formula is C122H114ClFN16O3. The van der Waals surface area contributed by atoms with Crippen molar-refractivity contribution in [3.8, 4) is 68.4 Å². The van der Waals surface area contributed by atoms with Crippen LogP contribution in [0.25, 0.3) is 127 Å². The SMILES string of the molecule is CC(=O)CCCCc1ccnn1-c1ccc2c(ccn2C)c1.CCn1c2ccc(C)cc2c2cc(-n3nccc3COC3CCNCC3)ccc21.CCn1c2ccc(F)cc2c2cc(-n3nccc3CCc3ccc(CC#N)cc3)ccc21.CCn1c2ccccc2c2cc(-n3nccc3CCc3ccccc3)ccc21.Clc1ccc2c(c1)-c1cc(-n3nccc3-c3ccc(Oc4ccccc4)cc3)ccc1C2. The van der Waals surface area contributed by atoms with Crippen molar-refractivity contribution in [2.24, 2.45) is 7.05 Å². The summed E-state index contributed by atoms with van der Waals surface area (Å²) in [4.78, 5) is 11.0. The highest BCUT2D eigenvalue weighted by molar-refractivity contribution is 6.31. The lowest BCUT2D eigenvalue weighted by Gasteiger charge is -2.23. The zero-order valence-corrected chi connectivity index (χ0v) is 82.2. The first kappa shape index (κ1) is 94.5. The Labute approximate surface area is 836 Å². The number of halogens is 2. The van der Waals surface area contributed by atoms with Crippen LogP contribution in [-0.4, -0.2) is 92.1 Å². The number of nitrogens with one attached hydrogen (secondary N) is 1. The van der Waals surface area contributed by atoms with Crippen molar-refractivity contribution in [3.63, 3.8) is 0 Å². The lowest BCUT2D eigenvalue weighted by Crippen LogP contribution is -2.32. The minimum absolute atomic E-state index is 0.223. The van der Waals surface area contributed by atoms with E-state index >= 15 is 0 Å². The summed E-state index contributed by atoms with van der Waals surface area (Å²) < 4.78 is 45.3. The maximum Gasteiger partial charge on any atom is 0.129 e. The van der Waals surface area contributed by atoms with Gasteiger partial charge >= 0.3 is 0 Å². The fourth-order valence-electron chi connectivity index (χ4n) is 20.3. The zero-order valence-electron chi connectivity index (χ0n) is 81.5. The zero-order chi connectivity index (χ0) is 97.8. The van der Waals surface area contributed by atoms with E-state index in [0.717, 1.165) is 192 Å². The highest BCUT2D eigenvalue weighted by atomic mass is 35.5.